The van der Waals surface area contributed by atoms with Crippen LogP contribution in [0.5, 0.6) is 0 Å². The maximum Gasteiger partial charge on any atom is 0.260 e. The number of allylic oxidation sites excluding steroid dienone is 1. The van der Waals surface area contributed by atoms with E-state index in [0.717, 1.165) is 33.9 Å². The van der Waals surface area contributed by atoms with Crippen molar-refractivity contribution in [3.05, 3.63) is 49.6 Å². The second kappa shape index (κ2) is 7.16. The van der Waals surface area contributed by atoms with Crippen molar-refractivity contribution in [1.29, 1.82) is 5.26 Å². The Morgan fingerprint density at radius 2 is 2.07 bits per heavy atom. The first-order chi connectivity index (χ1) is 12.7. The third-order valence-electron chi connectivity index (χ3n) is 4.87. The van der Waals surface area contributed by atoms with E-state index in [-0.39, 0.29) is 5.56 Å². The minimum atomic E-state index is -0.191. The maximum atomic E-state index is 12.5. The average Bonchev–Trinajstić information content (AvgIpc) is 3.02. The second-order valence-corrected chi connectivity index (χ2v) is 8.58. The van der Waals surface area contributed by atoms with Crippen LogP contribution in [0, 0.1) is 44.9 Å². The highest BCUT2D eigenvalue weighted by atomic mass is 32.1. The van der Waals surface area contributed by atoms with Crippen LogP contribution in [0.1, 0.15) is 47.1 Å². The van der Waals surface area contributed by atoms with E-state index < -0.39 is 0 Å². The smallest absolute Gasteiger partial charge is 0.260 e. The lowest BCUT2D eigenvalue weighted by atomic mass is 10.1. The monoisotopic (exact) mass is 380 g/mol. The van der Waals surface area contributed by atoms with E-state index in [1.54, 1.807) is 0 Å². The van der Waals surface area contributed by atoms with Gasteiger partial charge in [-0.05, 0) is 56.9 Å². The molecule has 0 aliphatic carbocycles. The first kappa shape index (κ1) is 19.1. The van der Waals surface area contributed by atoms with E-state index in [2.05, 4.69) is 54.4 Å². The molecule has 27 heavy (non-hydrogen) atoms. The first-order valence-corrected chi connectivity index (χ1v) is 9.83. The molecule has 3 aromatic rings. The van der Waals surface area contributed by atoms with E-state index >= 15 is 0 Å². The SMILES string of the molecule is Cc1sc2nc(/C(C#N)=C/c3cc(C)n(CC(C)C)c3C)[nH]c(=O)c2c1C. The summed E-state index contributed by atoms with van der Waals surface area (Å²) in [7, 11) is 0. The summed E-state index contributed by atoms with van der Waals surface area (Å²) in [5, 5.41) is 10.3. The predicted octanol–water partition coefficient (Wildman–Crippen LogP) is 4.74. The third-order valence-corrected chi connectivity index (χ3v) is 5.98. The molecule has 0 aliphatic heterocycles. The lowest BCUT2D eigenvalue weighted by Crippen LogP contribution is -2.11. The lowest BCUT2D eigenvalue weighted by molar-refractivity contribution is 0.509. The van der Waals surface area contributed by atoms with E-state index in [9.17, 15) is 10.1 Å². The van der Waals surface area contributed by atoms with Crippen molar-refractivity contribution < 1.29 is 0 Å². The van der Waals surface area contributed by atoms with Gasteiger partial charge in [-0.15, -0.1) is 11.3 Å². The average molecular weight is 381 g/mol. The second-order valence-electron chi connectivity index (χ2n) is 7.38. The van der Waals surface area contributed by atoms with Gasteiger partial charge < -0.3 is 9.55 Å². The summed E-state index contributed by atoms with van der Waals surface area (Å²) in [5.41, 5.74) is 4.37. The number of hydrogen-bond donors (Lipinski definition) is 1. The standard InChI is InChI=1S/C21H24N4OS/c1-11(2)10-25-12(3)7-16(14(25)5)8-17(9-22)19-23-20(26)18-13(4)15(6)27-21(18)24-19/h7-8,11H,10H2,1-6H3,(H,23,24,26)/b17-8+. The molecule has 0 radical (unpaired) electrons. The predicted molar refractivity (Wildman–Crippen MR) is 112 cm³/mol. The van der Waals surface area contributed by atoms with Gasteiger partial charge in [-0.2, -0.15) is 5.26 Å². The Bertz CT molecular complexity index is 1150. The fourth-order valence-electron chi connectivity index (χ4n) is 3.31. The molecule has 0 unspecified atom stereocenters. The van der Waals surface area contributed by atoms with Gasteiger partial charge in [-0.3, -0.25) is 4.79 Å². The number of nitrogens with zero attached hydrogens (tertiary/aromatic N) is 3. The van der Waals surface area contributed by atoms with Crippen molar-refractivity contribution in [2.75, 3.05) is 0 Å². The number of aromatic nitrogens is 3. The molecular formula is C21H24N4OS. The number of aromatic amines is 1. The van der Waals surface area contributed by atoms with Crippen LogP contribution in [0.25, 0.3) is 21.9 Å². The normalized spacial score (nSPS) is 12.1. The van der Waals surface area contributed by atoms with Gasteiger partial charge in [-0.1, -0.05) is 13.8 Å². The molecule has 0 bridgehead atoms. The quantitative estimate of drug-likeness (QED) is 0.664. The van der Waals surface area contributed by atoms with Crippen LogP contribution < -0.4 is 5.56 Å². The van der Waals surface area contributed by atoms with Crippen molar-refractivity contribution in [3.8, 4) is 6.07 Å². The van der Waals surface area contributed by atoms with E-state index in [1.807, 2.05) is 19.9 Å². The largest absolute Gasteiger partial charge is 0.348 e. The highest BCUT2D eigenvalue weighted by Gasteiger charge is 2.15. The first-order valence-electron chi connectivity index (χ1n) is 9.01. The van der Waals surface area contributed by atoms with Crippen LogP contribution in [-0.4, -0.2) is 14.5 Å². The van der Waals surface area contributed by atoms with Gasteiger partial charge in [0.1, 0.15) is 10.9 Å². The Morgan fingerprint density at radius 1 is 1.37 bits per heavy atom. The fraction of sp³-hybridized carbons (Fsp3) is 0.381. The molecule has 0 aliphatic rings. The van der Waals surface area contributed by atoms with Gasteiger partial charge in [0, 0.05) is 22.8 Å². The molecule has 3 aromatic heterocycles. The van der Waals surface area contributed by atoms with Crippen molar-refractivity contribution in [2.24, 2.45) is 5.92 Å². The zero-order chi connectivity index (χ0) is 19.9. The number of thiophene rings is 1. The highest BCUT2D eigenvalue weighted by Crippen LogP contribution is 2.27. The van der Waals surface area contributed by atoms with Gasteiger partial charge in [0.05, 0.1) is 11.0 Å². The molecule has 6 heteroatoms. The summed E-state index contributed by atoms with van der Waals surface area (Å²) < 4.78 is 2.26. The number of aryl methyl sites for hydroxylation is 3. The lowest BCUT2D eigenvalue weighted by Gasteiger charge is -2.12. The van der Waals surface area contributed by atoms with Crippen LogP contribution in [0.3, 0.4) is 0 Å². The van der Waals surface area contributed by atoms with Gasteiger partial charge in [-0.25, -0.2) is 4.98 Å². The summed E-state index contributed by atoms with van der Waals surface area (Å²) in [5.74, 6) is 0.859. The maximum absolute atomic E-state index is 12.5. The van der Waals surface area contributed by atoms with Crippen LogP contribution in [0.2, 0.25) is 0 Å². The molecule has 140 valence electrons. The van der Waals surface area contributed by atoms with Crippen molar-refractivity contribution in [1.82, 2.24) is 14.5 Å². The summed E-state index contributed by atoms with van der Waals surface area (Å²) in [4.78, 5) is 21.6. The zero-order valence-electron chi connectivity index (χ0n) is 16.6. The Kier molecular flexibility index (Phi) is 5.07. The molecule has 0 saturated heterocycles. The molecule has 3 heterocycles. The molecule has 0 spiro atoms. The summed E-state index contributed by atoms with van der Waals surface area (Å²) in [6.45, 7) is 13.3. The van der Waals surface area contributed by atoms with E-state index in [0.29, 0.717) is 27.5 Å². The minimum absolute atomic E-state index is 0.191. The van der Waals surface area contributed by atoms with E-state index in [4.69, 9.17) is 0 Å². The molecule has 3 rings (SSSR count). The van der Waals surface area contributed by atoms with Crippen LogP contribution in [-0.2, 0) is 6.54 Å². The van der Waals surface area contributed by atoms with Crippen molar-refractivity contribution >= 4 is 33.2 Å². The van der Waals surface area contributed by atoms with Gasteiger partial charge in [0.15, 0.2) is 5.82 Å². The molecule has 0 saturated carbocycles. The molecule has 1 N–H and O–H groups in total. The van der Waals surface area contributed by atoms with Crippen molar-refractivity contribution in [2.45, 2.75) is 48.1 Å². The molecular weight excluding hydrogens is 356 g/mol. The number of hydrogen-bond acceptors (Lipinski definition) is 4. The highest BCUT2D eigenvalue weighted by molar-refractivity contribution is 7.18. The Morgan fingerprint density at radius 3 is 2.70 bits per heavy atom. The van der Waals surface area contributed by atoms with Gasteiger partial charge >= 0.3 is 0 Å². The number of fused-ring (bicyclic) bond motifs is 1. The molecule has 0 fully saturated rings. The summed E-state index contributed by atoms with van der Waals surface area (Å²) in [6.07, 6.45) is 1.82. The Hall–Kier alpha value is -2.65. The third kappa shape index (κ3) is 3.47. The number of rotatable bonds is 4. The molecule has 0 atom stereocenters. The molecule has 0 aromatic carbocycles. The van der Waals surface area contributed by atoms with Crippen molar-refractivity contribution in [3.63, 3.8) is 0 Å². The summed E-state index contributed by atoms with van der Waals surface area (Å²) >= 11 is 1.49. The molecule has 5 nitrogen and oxygen atoms in total. The number of nitrogens with one attached hydrogen (secondary N) is 1. The zero-order valence-corrected chi connectivity index (χ0v) is 17.4. The van der Waals surface area contributed by atoms with Gasteiger partial charge in [0.2, 0.25) is 0 Å². The summed E-state index contributed by atoms with van der Waals surface area (Å²) in [6, 6.07) is 4.28. The van der Waals surface area contributed by atoms with E-state index in [1.165, 1.54) is 11.3 Å². The van der Waals surface area contributed by atoms with Gasteiger partial charge in [0.25, 0.3) is 5.56 Å². The van der Waals surface area contributed by atoms with Crippen LogP contribution >= 0.6 is 11.3 Å². The van der Waals surface area contributed by atoms with Crippen LogP contribution in [0.4, 0.5) is 0 Å². The minimum Gasteiger partial charge on any atom is -0.348 e. The number of H-pyrrole nitrogens is 1. The fourth-order valence-corrected chi connectivity index (χ4v) is 4.34. The van der Waals surface area contributed by atoms with Crippen LogP contribution in [0.15, 0.2) is 10.9 Å². The topological polar surface area (TPSA) is 74.5 Å². The number of nitriles is 1. The Balaban J connectivity index is 2.12. The molecule has 0 amide bonds. The Labute approximate surface area is 163 Å².